The van der Waals surface area contributed by atoms with Crippen molar-refractivity contribution in [1.29, 1.82) is 0 Å². The third kappa shape index (κ3) is 11.8. The first kappa shape index (κ1) is 21.1. The molecule has 1 amide bonds. The van der Waals surface area contributed by atoms with Gasteiger partial charge in [-0.3, -0.25) is 4.55 Å². The van der Waals surface area contributed by atoms with Crippen molar-refractivity contribution in [2.75, 3.05) is 46.5 Å². The molecule has 0 heterocycles. The van der Waals surface area contributed by atoms with E-state index in [1.54, 1.807) is 11.9 Å². The van der Waals surface area contributed by atoms with Gasteiger partial charge in [0.05, 0.1) is 32.9 Å². The molecule has 0 radical (unpaired) electrons. The van der Waals surface area contributed by atoms with Crippen LogP contribution in [0.15, 0.2) is 0 Å². The molecule has 0 fully saturated rings. The van der Waals surface area contributed by atoms with Crippen LogP contribution >= 0.6 is 0 Å². The van der Waals surface area contributed by atoms with Gasteiger partial charge in [0.15, 0.2) is 0 Å². The first-order valence-electron chi connectivity index (χ1n) is 7.43. The Bertz CT molecular complexity index is 454. The molecule has 0 aliphatic carbocycles. The van der Waals surface area contributed by atoms with Crippen LogP contribution < -0.4 is 0 Å². The monoisotopic (exact) mass is 339 g/mol. The molecule has 0 unspecified atom stereocenters. The average Bonchev–Trinajstić information content (AvgIpc) is 2.23. The lowest BCUT2D eigenvalue weighted by molar-refractivity contribution is -0.890. The highest BCUT2D eigenvalue weighted by atomic mass is 32.2. The molecule has 0 spiro atoms. The van der Waals surface area contributed by atoms with Gasteiger partial charge in [0.25, 0.3) is 10.1 Å². The summed E-state index contributed by atoms with van der Waals surface area (Å²) in [6.45, 7) is 7.51. The van der Waals surface area contributed by atoms with Crippen LogP contribution in [0, 0.1) is 0 Å². The van der Waals surface area contributed by atoms with E-state index in [4.69, 9.17) is 9.29 Å². The number of hydrogen-bond donors (Lipinski definition) is 1. The molecule has 0 atom stereocenters. The minimum Gasteiger partial charge on any atom is -0.444 e. The minimum atomic E-state index is -3.89. The maximum Gasteiger partial charge on any atom is 0.410 e. The number of nitrogens with zero attached hydrogens (tertiary/aromatic N) is 2. The second-order valence-electron chi connectivity index (χ2n) is 7.28. The molecule has 22 heavy (non-hydrogen) atoms. The van der Waals surface area contributed by atoms with Crippen LogP contribution in [0.3, 0.4) is 0 Å². The molecule has 1 N–H and O–H groups in total. The Balaban J connectivity index is 4.09. The van der Waals surface area contributed by atoms with E-state index < -0.39 is 15.7 Å². The third-order valence-electron chi connectivity index (χ3n) is 3.13. The molecular formula is C14H31N2O5S+. The molecule has 0 aliphatic heterocycles. The summed E-state index contributed by atoms with van der Waals surface area (Å²) in [6.07, 6.45) is 0.853. The Labute approximate surface area is 134 Å². The van der Waals surface area contributed by atoms with Crippen LogP contribution in [-0.2, 0) is 14.9 Å². The lowest BCUT2D eigenvalue weighted by Crippen LogP contribution is -2.43. The molecule has 7 nitrogen and oxygen atoms in total. The van der Waals surface area contributed by atoms with Gasteiger partial charge in [-0.2, -0.15) is 8.42 Å². The van der Waals surface area contributed by atoms with E-state index in [1.165, 1.54) is 0 Å². The molecular weight excluding hydrogens is 308 g/mol. The fraction of sp³-hybridized carbons (Fsp3) is 0.929. The highest BCUT2D eigenvalue weighted by molar-refractivity contribution is 7.85. The summed E-state index contributed by atoms with van der Waals surface area (Å²) in [6, 6.07) is 0. The molecule has 8 heteroatoms. The van der Waals surface area contributed by atoms with Crippen molar-refractivity contribution >= 4 is 16.2 Å². The topological polar surface area (TPSA) is 83.9 Å². The second-order valence-corrected chi connectivity index (χ2v) is 8.85. The van der Waals surface area contributed by atoms with Gasteiger partial charge in [-0.1, -0.05) is 0 Å². The van der Waals surface area contributed by atoms with Crippen LogP contribution in [0.5, 0.6) is 0 Å². The van der Waals surface area contributed by atoms with Crippen LogP contribution in [0.2, 0.25) is 0 Å². The fourth-order valence-corrected chi connectivity index (χ4v) is 2.45. The van der Waals surface area contributed by atoms with Crippen molar-refractivity contribution < 1.29 is 27.0 Å². The van der Waals surface area contributed by atoms with Crippen molar-refractivity contribution in [3.8, 4) is 0 Å². The van der Waals surface area contributed by atoms with E-state index in [1.807, 2.05) is 34.9 Å². The molecule has 132 valence electrons. The van der Waals surface area contributed by atoms with E-state index in [0.29, 0.717) is 24.0 Å². The molecule has 0 saturated carbocycles. The van der Waals surface area contributed by atoms with Crippen LogP contribution in [0.25, 0.3) is 0 Å². The normalized spacial score (nSPS) is 13.0. The Morgan fingerprint density at radius 2 is 1.68 bits per heavy atom. The lowest BCUT2D eigenvalue weighted by Gasteiger charge is -2.31. The van der Waals surface area contributed by atoms with E-state index in [2.05, 4.69) is 0 Å². The number of amides is 1. The Hall–Kier alpha value is -0.860. The smallest absolute Gasteiger partial charge is 0.410 e. The molecule has 0 bridgehead atoms. The van der Waals surface area contributed by atoms with Gasteiger partial charge >= 0.3 is 6.09 Å². The number of ether oxygens (including phenoxy) is 1. The number of hydrogen-bond acceptors (Lipinski definition) is 4. The molecule has 0 aromatic carbocycles. The van der Waals surface area contributed by atoms with E-state index in [0.717, 1.165) is 13.0 Å². The summed E-state index contributed by atoms with van der Waals surface area (Å²) in [5, 5.41) is 0. The Morgan fingerprint density at radius 3 is 2.14 bits per heavy atom. The van der Waals surface area contributed by atoms with Crippen molar-refractivity contribution in [1.82, 2.24) is 4.90 Å². The van der Waals surface area contributed by atoms with Crippen LogP contribution in [-0.4, -0.2) is 80.6 Å². The quantitative estimate of drug-likeness (QED) is 0.536. The number of quaternary nitrogens is 1. The highest BCUT2D eigenvalue weighted by Crippen LogP contribution is 2.10. The van der Waals surface area contributed by atoms with Gasteiger partial charge in [0.1, 0.15) is 5.60 Å². The van der Waals surface area contributed by atoms with Crippen molar-refractivity contribution in [2.45, 2.75) is 39.2 Å². The number of rotatable bonds is 8. The van der Waals surface area contributed by atoms with Crippen molar-refractivity contribution in [3.05, 3.63) is 0 Å². The standard InChI is InChI=1S/C14H30N2O5S/c1-14(2,3)21-13(17)15(4)9-7-10-16(5,6)11-8-12-22(18,19)20/h7-12H2,1-6H3/p+1. The zero-order valence-corrected chi connectivity index (χ0v) is 15.4. The lowest BCUT2D eigenvalue weighted by atomic mass is 10.2. The summed E-state index contributed by atoms with van der Waals surface area (Å²) in [5.74, 6) is -0.216. The predicted molar refractivity (Wildman–Crippen MR) is 86.4 cm³/mol. The predicted octanol–water partition coefficient (Wildman–Crippen LogP) is 1.60. The number of carbonyl (C=O) groups excluding carboxylic acids is 1. The SMILES string of the molecule is CN(CCC[N+](C)(C)CCCS(=O)(=O)O)C(=O)OC(C)(C)C. The molecule has 0 aliphatic rings. The molecule has 0 rings (SSSR count). The molecule has 0 saturated heterocycles. The average molecular weight is 339 g/mol. The Morgan fingerprint density at radius 1 is 1.18 bits per heavy atom. The van der Waals surface area contributed by atoms with Crippen LogP contribution in [0.4, 0.5) is 4.79 Å². The van der Waals surface area contributed by atoms with E-state index >= 15 is 0 Å². The zero-order chi connectivity index (χ0) is 17.6. The van der Waals surface area contributed by atoms with Gasteiger partial charge in [-0.25, -0.2) is 4.79 Å². The first-order chi connectivity index (χ1) is 9.72. The maximum absolute atomic E-state index is 11.8. The maximum atomic E-state index is 11.8. The summed E-state index contributed by atoms with van der Waals surface area (Å²) in [7, 11) is 1.81. The summed E-state index contributed by atoms with van der Waals surface area (Å²) in [5.41, 5.74) is -0.504. The van der Waals surface area contributed by atoms with Gasteiger partial charge in [-0.15, -0.1) is 0 Å². The van der Waals surface area contributed by atoms with Crippen molar-refractivity contribution in [3.63, 3.8) is 0 Å². The first-order valence-corrected chi connectivity index (χ1v) is 9.04. The van der Waals surface area contributed by atoms with Crippen molar-refractivity contribution in [2.24, 2.45) is 0 Å². The third-order valence-corrected chi connectivity index (χ3v) is 3.93. The van der Waals surface area contributed by atoms with Gasteiger partial charge in [0, 0.05) is 26.4 Å². The van der Waals surface area contributed by atoms with Gasteiger partial charge in [0.2, 0.25) is 0 Å². The van der Waals surface area contributed by atoms with Gasteiger partial charge < -0.3 is 14.1 Å². The largest absolute Gasteiger partial charge is 0.444 e. The summed E-state index contributed by atoms with van der Waals surface area (Å²) >= 11 is 0. The van der Waals surface area contributed by atoms with Crippen LogP contribution in [0.1, 0.15) is 33.6 Å². The van der Waals surface area contributed by atoms with Gasteiger partial charge in [-0.05, 0) is 20.8 Å². The second kappa shape index (κ2) is 8.12. The van der Waals surface area contributed by atoms with E-state index in [9.17, 15) is 13.2 Å². The minimum absolute atomic E-state index is 0.216. The number of carbonyl (C=O) groups is 1. The molecule has 0 aromatic heterocycles. The highest BCUT2D eigenvalue weighted by Gasteiger charge is 2.21. The fourth-order valence-electron chi connectivity index (χ4n) is 1.95. The zero-order valence-electron chi connectivity index (χ0n) is 14.6. The molecule has 0 aromatic rings. The Kier molecular flexibility index (Phi) is 7.80. The van der Waals surface area contributed by atoms with E-state index in [-0.39, 0.29) is 11.8 Å². The summed E-state index contributed by atoms with van der Waals surface area (Å²) < 4.78 is 36.0. The summed E-state index contributed by atoms with van der Waals surface area (Å²) in [4.78, 5) is 13.3.